The second-order valence-corrected chi connectivity index (χ2v) is 6.90. The molecule has 0 aromatic rings. The lowest BCUT2D eigenvalue weighted by molar-refractivity contribution is -1.63. The van der Waals surface area contributed by atoms with Gasteiger partial charge in [0.1, 0.15) is 0 Å². The summed E-state index contributed by atoms with van der Waals surface area (Å²) in [5.74, 6) is 0. The Morgan fingerprint density at radius 3 is 1.18 bits per heavy atom. The van der Waals surface area contributed by atoms with Crippen LogP contribution >= 0.6 is 0 Å². The lowest BCUT2D eigenvalue weighted by Gasteiger charge is -2.03. The van der Waals surface area contributed by atoms with E-state index in [2.05, 4.69) is 11.2 Å². The second kappa shape index (κ2) is 19.2. The highest BCUT2D eigenvalue weighted by atomic mass is 35.6. The maximum atomic E-state index is 10.1. The van der Waals surface area contributed by atoms with Crippen LogP contribution < -0.4 is 9.32 Å². The van der Waals surface area contributed by atoms with Gasteiger partial charge < -0.3 is 9.32 Å². The standard InChI is InChI=1S/C18H37ClO3/c1-2-3-4-5-6-7-8-9-10-11-12-13-14-15-16-17-18-22-19(20)21/h2-18H2,1H3. The van der Waals surface area contributed by atoms with E-state index in [4.69, 9.17) is 0 Å². The molecule has 0 heterocycles. The number of hydrogen-bond acceptors (Lipinski definition) is 3. The Morgan fingerprint density at radius 1 is 0.545 bits per heavy atom. The molecule has 4 heteroatoms. The average Bonchev–Trinajstić information content (AvgIpc) is 2.50. The summed E-state index contributed by atoms with van der Waals surface area (Å²) >= 11 is 0. The first-order chi connectivity index (χ1) is 10.8. The Balaban J connectivity index is 2.94. The fourth-order valence-electron chi connectivity index (χ4n) is 2.77. The van der Waals surface area contributed by atoms with Crippen molar-refractivity contribution in [2.45, 2.75) is 110 Å². The molecule has 0 saturated carbocycles. The van der Waals surface area contributed by atoms with Crippen LogP contribution in [0.4, 0.5) is 0 Å². The lowest BCUT2D eigenvalue weighted by atomic mass is 10.0. The molecule has 134 valence electrons. The summed E-state index contributed by atoms with van der Waals surface area (Å²) in [6.45, 7) is 2.60. The molecular weight excluding hydrogens is 300 g/mol. The summed E-state index contributed by atoms with van der Waals surface area (Å²) in [7, 11) is -2.02. The first-order valence-electron chi connectivity index (χ1n) is 9.46. The predicted octanol–water partition coefficient (Wildman–Crippen LogP) is 4.35. The largest absolute Gasteiger partial charge is 0.320 e. The van der Waals surface area contributed by atoms with Crippen molar-refractivity contribution >= 4 is 0 Å². The molecule has 3 nitrogen and oxygen atoms in total. The van der Waals surface area contributed by atoms with Crippen LogP contribution in [0.15, 0.2) is 0 Å². The van der Waals surface area contributed by atoms with Gasteiger partial charge in [-0.1, -0.05) is 103 Å². The normalized spacial score (nSPS) is 11.5. The van der Waals surface area contributed by atoms with Crippen molar-refractivity contribution in [3.63, 3.8) is 0 Å². The van der Waals surface area contributed by atoms with Gasteiger partial charge in [0.05, 0.1) is 0 Å². The van der Waals surface area contributed by atoms with Crippen LogP contribution in [-0.4, -0.2) is 6.61 Å². The topological polar surface area (TPSA) is 55.3 Å². The third-order valence-corrected chi connectivity index (χ3v) is 4.50. The molecule has 0 amide bonds. The van der Waals surface area contributed by atoms with E-state index in [-0.39, 0.29) is 0 Å². The minimum absolute atomic E-state index is 0.325. The van der Waals surface area contributed by atoms with E-state index in [1.807, 2.05) is 0 Å². The van der Waals surface area contributed by atoms with Gasteiger partial charge in [-0.2, -0.15) is 0 Å². The van der Waals surface area contributed by atoms with E-state index in [1.54, 1.807) is 0 Å². The summed E-state index contributed by atoms with van der Waals surface area (Å²) in [5.41, 5.74) is 0. The molecule has 0 aliphatic rings. The third kappa shape index (κ3) is 20.2. The van der Waals surface area contributed by atoms with Gasteiger partial charge in [0.25, 0.3) is 10.8 Å². The number of rotatable bonds is 18. The molecule has 0 N–H and O–H groups in total. The maximum Gasteiger partial charge on any atom is 0.285 e. The van der Waals surface area contributed by atoms with Crippen molar-refractivity contribution in [3.05, 3.63) is 0 Å². The molecule has 0 saturated heterocycles. The van der Waals surface area contributed by atoms with Gasteiger partial charge >= 0.3 is 0 Å². The first-order valence-corrected chi connectivity index (χ1v) is 10.4. The van der Waals surface area contributed by atoms with Crippen molar-refractivity contribution in [2.75, 3.05) is 6.61 Å². The van der Waals surface area contributed by atoms with Gasteiger partial charge in [0.2, 0.25) is 0 Å². The van der Waals surface area contributed by atoms with E-state index in [0.717, 1.165) is 12.8 Å². The summed E-state index contributed by atoms with van der Waals surface area (Å²) in [6.07, 6.45) is 21.2. The van der Waals surface area contributed by atoms with Crippen LogP contribution in [0, 0.1) is 10.8 Å². The van der Waals surface area contributed by atoms with Gasteiger partial charge in [-0.15, -0.1) is 0 Å². The van der Waals surface area contributed by atoms with Crippen molar-refractivity contribution in [1.29, 1.82) is 0 Å². The highest BCUT2D eigenvalue weighted by Crippen LogP contribution is 2.13. The molecule has 0 bridgehead atoms. The summed E-state index contributed by atoms with van der Waals surface area (Å²) in [5, 5.41) is 0. The molecule has 0 radical (unpaired) electrons. The van der Waals surface area contributed by atoms with E-state index >= 15 is 0 Å². The summed E-state index contributed by atoms with van der Waals surface area (Å²) < 4.78 is 24.6. The molecular formula is C18H37ClO3. The van der Waals surface area contributed by atoms with Crippen LogP contribution in [0.5, 0.6) is 0 Å². The Morgan fingerprint density at radius 2 is 0.864 bits per heavy atom. The number of unbranched alkanes of at least 4 members (excludes halogenated alkanes) is 15. The maximum absolute atomic E-state index is 10.1. The van der Waals surface area contributed by atoms with E-state index in [9.17, 15) is 9.32 Å². The minimum Gasteiger partial charge on any atom is -0.320 e. The lowest BCUT2D eigenvalue weighted by Crippen LogP contribution is -2.34. The molecule has 0 spiro atoms. The molecule has 0 rings (SSSR count). The molecule has 0 aliphatic carbocycles. The Bertz CT molecular complexity index is 201. The van der Waals surface area contributed by atoms with E-state index < -0.39 is 10.8 Å². The van der Waals surface area contributed by atoms with E-state index in [0.29, 0.717) is 6.61 Å². The molecule has 0 atom stereocenters. The highest BCUT2D eigenvalue weighted by Gasteiger charge is 2.04. The van der Waals surface area contributed by atoms with Crippen molar-refractivity contribution < 1.29 is 24.4 Å². The monoisotopic (exact) mass is 336 g/mol. The Labute approximate surface area is 141 Å². The zero-order valence-corrected chi connectivity index (χ0v) is 15.4. The molecule has 22 heavy (non-hydrogen) atoms. The van der Waals surface area contributed by atoms with Gasteiger partial charge in [-0.3, -0.25) is 0 Å². The third-order valence-electron chi connectivity index (χ3n) is 4.16. The fourth-order valence-corrected chi connectivity index (χ4v) is 3.00. The average molecular weight is 337 g/mol. The number of hydrogen-bond donors (Lipinski definition) is 0. The fraction of sp³-hybridized carbons (Fsp3) is 1.00. The van der Waals surface area contributed by atoms with E-state index in [1.165, 1.54) is 89.9 Å². The predicted molar refractivity (Wildman–Crippen MR) is 85.5 cm³/mol. The van der Waals surface area contributed by atoms with Crippen molar-refractivity contribution in [1.82, 2.24) is 0 Å². The van der Waals surface area contributed by atoms with Gasteiger partial charge in [-0.25, -0.2) is 0 Å². The Hall–Kier alpha value is 0.170. The van der Waals surface area contributed by atoms with Crippen molar-refractivity contribution in [3.8, 4) is 0 Å². The van der Waals surface area contributed by atoms with Gasteiger partial charge in [-0.05, 0) is 6.42 Å². The summed E-state index contributed by atoms with van der Waals surface area (Å²) in [6, 6.07) is 0. The number of halogens is 1. The molecule has 0 aromatic heterocycles. The van der Waals surface area contributed by atoms with Crippen molar-refractivity contribution in [2.24, 2.45) is 0 Å². The van der Waals surface area contributed by atoms with Crippen LogP contribution in [0.3, 0.4) is 0 Å². The van der Waals surface area contributed by atoms with Crippen LogP contribution in [0.1, 0.15) is 110 Å². The molecule has 0 aromatic carbocycles. The Kier molecular flexibility index (Phi) is 19.4. The zero-order chi connectivity index (χ0) is 16.3. The van der Waals surface area contributed by atoms with Gasteiger partial charge in [0, 0.05) is 4.29 Å². The smallest absolute Gasteiger partial charge is 0.285 e. The molecule has 0 aliphatic heterocycles. The molecule has 0 fully saturated rings. The van der Waals surface area contributed by atoms with Crippen LogP contribution in [0.25, 0.3) is 0 Å². The minimum atomic E-state index is -2.02. The highest BCUT2D eigenvalue weighted by molar-refractivity contribution is 4.49. The summed E-state index contributed by atoms with van der Waals surface area (Å²) in [4.78, 5) is 0. The SMILES string of the molecule is CCCCCCCCCCCCCCCCCCO[Cl+2]([O-])[O-]. The van der Waals surface area contributed by atoms with Gasteiger partial charge in [0.15, 0.2) is 6.61 Å². The molecule has 0 unspecified atom stereocenters. The zero-order valence-electron chi connectivity index (χ0n) is 14.6. The van der Waals surface area contributed by atoms with Crippen LogP contribution in [0.2, 0.25) is 0 Å². The quantitative estimate of drug-likeness (QED) is 0.350. The van der Waals surface area contributed by atoms with Crippen LogP contribution in [-0.2, 0) is 4.29 Å². The second-order valence-electron chi connectivity index (χ2n) is 6.31. The first kappa shape index (κ1) is 22.2.